The standard InChI is InChI=1S/C16H23N3O2/c1-3-11-19-15(17-18-16(19)20)10-5-4-7-13-8-6-9-14(12-13)21-2/h6,8-9,12H,3-5,7,10-11H2,1-2H3,(H,18,20). The first kappa shape index (κ1) is 15.4. The third kappa shape index (κ3) is 4.21. The normalized spacial score (nSPS) is 10.8. The molecular formula is C16H23N3O2. The van der Waals surface area contributed by atoms with Crippen LogP contribution in [0.1, 0.15) is 37.6 Å². The molecule has 0 unspecified atom stereocenters. The Morgan fingerprint density at radius 3 is 2.86 bits per heavy atom. The molecule has 1 aromatic carbocycles. The van der Waals surface area contributed by atoms with Gasteiger partial charge in [-0.3, -0.25) is 4.57 Å². The average molecular weight is 289 g/mol. The number of unbranched alkanes of at least 4 members (excludes halogenated alkanes) is 1. The fourth-order valence-corrected chi connectivity index (χ4v) is 2.44. The molecular weight excluding hydrogens is 266 g/mol. The van der Waals surface area contributed by atoms with Crippen molar-refractivity contribution in [1.82, 2.24) is 14.8 Å². The highest BCUT2D eigenvalue weighted by atomic mass is 16.5. The third-order valence-electron chi connectivity index (χ3n) is 3.53. The number of nitrogens with zero attached hydrogens (tertiary/aromatic N) is 2. The lowest BCUT2D eigenvalue weighted by atomic mass is 10.1. The van der Waals surface area contributed by atoms with Crippen molar-refractivity contribution in [2.24, 2.45) is 0 Å². The Kier molecular flexibility index (Phi) is 5.60. The summed E-state index contributed by atoms with van der Waals surface area (Å²) < 4.78 is 6.97. The number of methoxy groups -OCH3 is 1. The van der Waals surface area contributed by atoms with E-state index in [-0.39, 0.29) is 5.69 Å². The first-order chi connectivity index (χ1) is 10.2. The van der Waals surface area contributed by atoms with Gasteiger partial charge in [0.15, 0.2) is 0 Å². The summed E-state index contributed by atoms with van der Waals surface area (Å²) in [6.07, 6.45) is 4.88. The lowest BCUT2D eigenvalue weighted by molar-refractivity contribution is 0.414. The lowest BCUT2D eigenvalue weighted by Crippen LogP contribution is -2.18. The van der Waals surface area contributed by atoms with Gasteiger partial charge in [-0.25, -0.2) is 9.89 Å². The van der Waals surface area contributed by atoms with Gasteiger partial charge in [0.25, 0.3) is 0 Å². The molecule has 0 atom stereocenters. The maximum atomic E-state index is 11.6. The number of H-pyrrole nitrogens is 1. The Labute approximate surface area is 125 Å². The van der Waals surface area contributed by atoms with E-state index < -0.39 is 0 Å². The number of ether oxygens (including phenoxy) is 1. The second-order valence-electron chi connectivity index (χ2n) is 5.16. The summed E-state index contributed by atoms with van der Waals surface area (Å²) in [5, 5.41) is 6.65. The molecule has 5 heteroatoms. The maximum absolute atomic E-state index is 11.6. The maximum Gasteiger partial charge on any atom is 0.343 e. The number of aryl methyl sites for hydroxylation is 2. The summed E-state index contributed by atoms with van der Waals surface area (Å²) in [4.78, 5) is 11.6. The van der Waals surface area contributed by atoms with Gasteiger partial charge in [-0.05, 0) is 43.4 Å². The second-order valence-corrected chi connectivity index (χ2v) is 5.16. The highest BCUT2D eigenvalue weighted by Crippen LogP contribution is 2.15. The average Bonchev–Trinajstić information content (AvgIpc) is 2.85. The zero-order chi connectivity index (χ0) is 15.1. The van der Waals surface area contributed by atoms with Crippen LogP contribution in [-0.2, 0) is 19.4 Å². The van der Waals surface area contributed by atoms with Gasteiger partial charge in [-0.15, -0.1) is 0 Å². The van der Waals surface area contributed by atoms with Crippen LogP contribution >= 0.6 is 0 Å². The molecule has 0 spiro atoms. The fraction of sp³-hybridized carbons (Fsp3) is 0.500. The van der Waals surface area contributed by atoms with Crippen molar-refractivity contribution in [2.45, 2.75) is 45.6 Å². The van der Waals surface area contributed by atoms with Crippen molar-refractivity contribution in [2.75, 3.05) is 7.11 Å². The molecule has 1 heterocycles. The molecule has 0 amide bonds. The number of hydrogen-bond acceptors (Lipinski definition) is 3. The van der Waals surface area contributed by atoms with E-state index in [1.807, 2.05) is 12.1 Å². The van der Waals surface area contributed by atoms with E-state index in [1.54, 1.807) is 11.7 Å². The molecule has 0 aliphatic rings. The number of benzene rings is 1. The van der Waals surface area contributed by atoms with Crippen molar-refractivity contribution in [3.05, 3.63) is 46.1 Å². The van der Waals surface area contributed by atoms with E-state index >= 15 is 0 Å². The molecule has 0 fully saturated rings. The predicted molar refractivity (Wildman–Crippen MR) is 82.8 cm³/mol. The molecule has 0 radical (unpaired) electrons. The Morgan fingerprint density at radius 1 is 1.29 bits per heavy atom. The number of nitrogens with one attached hydrogen (secondary N) is 1. The van der Waals surface area contributed by atoms with Crippen molar-refractivity contribution < 1.29 is 4.74 Å². The monoisotopic (exact) mass is 289 g/mol. The van der Waals surface area contributed by atoms with E-state index in [4.69, 9.17) is 4.74 Å². The summed E-state index contributed by atoms with van der Waals surface area (Å²) in [7, 11) is 1.68. The molecule has 1 aromatic heterocycles. The summed E-state index contributed by atoms with van der Waals surface area (Å²) in [5.41, 5.74) is 1.18. The molecule has 0 saturated heterocycles. The van der Waals surface area contributed by atoms with Gasteiger partial charge in [-0.1, -0.05) is 19.1 Å². The highest BCUT2D eigenvalue weighted by Gasteiger charge is 2.06. The predicted octanol–water partition coefficient (Wildman–Crippen LogP) is 2.56. The zero-order valence-electron chi connectivity index (χ0n) is 12.8. The molecule has 0 aliphatic heterocycles. The minimum absolute atomic E-state index is 0.0976. The molecule has 0 aliphatic carbocycles. The van der Waals surface area contributed by atoms with Crippen molar-refractivity contribution in [3.63, 3.8) is 0 Å². The van der Waals surface area contributed by atoms with E-state index in [0.29, 0.717) is 0 Å². The highest BCUT2D eigenvalue weighted by molar-refractivity contribution is 5.28. The largest absolute Gasteiger partial charge is 0.497 e. The third-order valence-corrected chi connectivity index (χ3v) is 3.53. The summed E-state index contributed by atoms with van der Waals surface area (Å²) in [5.74, 6) is 1.77. The van der Waals surface area contributed by atoms with Crippen LogP contribution in [0.25, 0.3) is 0 Å². The van der Waals surface area contributed by atoms with Crippen LogP contribution in [0.3, 0.4) is 0 Å². The second kappa shape index (κ2) is 7.67. The van der Waals surface area contributed by atoms with Crippen LogP contribution < -0.4 is 10.4 Å². The van der Waals surface area contributed by atoms with Crippen LogP contribution in [0.4, 0.5) is 0 Å². The van der Waals surface area contributed by atoms with Gasteiger partial charge in [0.05, 0.1) is 7.11 Å². The number of rotatable bonds is 8. The Morgan fingerprint density at radius 2 is 2.10 bits per heavy atom. The van der Waals surface area contributed by atoms with Crippen molar-refractivity contribution in [3.8, 4) is 5.75 Å². The van der Waals surface area contributed by atoms with E-state index in [0.717, 1.165) is 50.2 Å². The van der Waals surface area contributed by atoms with E-state index in [1.165, 1.54) is 5.56 Å². The molecule has 0 bridgehead atoms. The quantitative estimate of drug-likeness (QED) is 0.760. The van der Waals surface area contributed by atoms with E-state index in [9.17, 15) is 4.79 Å². The van der Waals surface area contributed by atoms with Gasteiger partial charge in [0, 0.05) is 13.0 Å². The van der Waals surface area contributed by atoms with Gasteiger partial charge >= 0.3 is 5.69 Å². The zero-order valence-corrected chi connectivity index (χ0v) is 12.8. The first-order valence-corrected chi connectivity index (χ1v) is 7.51. The van der Waals surface area contributed by atoms with Crippen molar-refractivity contribution >= 4 is 0 Å². The lowest BCUT2D eigenvalue weighted by Gasteiger charge is -2.05. The number of aromatic amines is 1. The Bertz CT molecular complexity index is 616. The van der Waals surface area contributed by atoms with E-state index in [2.05, 4.69) is 29.3 Å². The minimum atomic E-state index is -0.0976. The molecule has 1 N–H and O–H groups in total. The topological polar surface area (TPSA) is 59.9 Å². The smallest absolute Gasteiger partial charge is 0.343 e. The summed E-state index contributed by atoms with van der Waals surface area (Å²) >= 11 is 0. The molecule has 5 nitrogen and oxygen atoms in total. The SMILES string of the molecule is CCCn1c(CCCCc2cccc(OC)c2)n[nH]c1=O. The van der Waals surface area contributed by atoms with Gasteiger partial charge in [0.2, 0.25) is 0 Å². The molecule has 2 aromatic rings. The van der Waals surface area contributed by atoms with Crippen molar-refractivity contribution in [1.29, 1.82) is 0 Å². The summed E-state index contributed by atoms with van der Waals surface area (Å²) in [6, 6.07) is 8.16. The number of aromatic nitrogens is 3. The van der Waals surface area contributed by atoms with Gasteiger partial charge in [-0.2, -0.15) is 5.10 Å². The van der Waals surface area contributed by atoms with Gasteiger partial charge < -0.3 is 4.74 Å². The van der Waals surface area contributed by atoms with Crippen LogP contribution in [-0.4, -0.2) is 21.9 Å². The number of hydrogen-bond donors (Lipinski definition) is 1. The van der Waals surface area contributed by atoms with Gasteiger partial charge in [0.1, 0.15) is 11.6 Å². The molecule has 21 heavy (non-hydrogen) atoms. The fourth-order valence-electron chi connectivity index (χ4n) is 2.44. The first-order valence-electron chi connectivity index (χ1n) is 7.51. The minimum Gasteiger partial charge on any atom is -0.497 e. The van der Waals surface area contributed by atoms with Crippen LogP contribution in [0.2, 0.25) is 0 Å². The Balaban J connectivity index is 1.83. The molecule has 2 rings (SSSR count). The van der Waals surface area contributed by atoms with Crippen LogP contribution in [0.15, 0.2) is 29.1 Å². The molecule has 0 saturated carbocycles. The summed E-state index contributed by atoms with van der Waals surface area (Å²) in [6.45, 7) is 2.80. The Hall–Kier alpha value is -2.04. The molecule has 114 valence electrons. The van der Waals surface area contributed by atoms with Crippen LogP contribution in [0.5, 0.6) is 5.75 Å². The van der Waals surface area contributed by atoms with Crippen LogP contribution in [0, 0.1) is 0 Å².